The summed E-state index contributed by atoms with van der Waals surface area (Å²) < 4.78 is 1.13. The van der Waals surface area contributed by atoms with Gasteiger partial charge in [0.05, 0.1) is 6.61 Å². The third kappa shape index (κ3) is 3.82. The Morgan fingerprint density at radius 1 is 1.30 bits per heavy atom. The van der Waals surface area contributed by atoms with Crippen molar-refractivity contribution in [3.63, 3.8) is 0 Å². The first-order valence-corrected chi connectivity index (χ1v) is 8.60. The van der Waals surface area contributed by atoms with Crippen molar-refractivity contribution in [2.75, 3.05) is 23.4 Å². The number of nitrogens with one attached hydrogen (secondary N) is 1. The summed E-state index contributed by atoms with van der Waals surface area (Å²) in [6, 6.07) is 8.39. The molecule has 6 heteroatoms. The summed E-state index contributed by atoms with van der Waals surface area (Å²) in [5, 5.41) is 12.4. The maximum atomic E-state index is 9.19. The first-order valence-electron chi connectivity index (χ1n) is 7.80. The Bertz CT molecular complexity index is 707. The lowest BCUT2D eigenvalue weighted by Gasteiger charge is -2.30. The summed E-state index contributed by atoms with van der Waals surface area (Å²) in [7, 11) is 0. The molecule has 3 rings (SSSR count). The molecule has 1 aromatic carbocycles. The molecule has 122 valence electrons. The van der Waals surface area contributed by atoms with Crippen molar-refractivity contribution in [3.05, 3.63) is 45.7 Å². The van der Waals surface area contributed by atoms with Gasteiger partial charge in [-0.25, -0.2) is 9.97 Å². The van der Waals surface area contributed by atoms with Crippen molar-refractivity contribution in [2.45, 2.75) is 32.9 Å². The molecule has 1 aliphatic rings. The van der Waals surface area contributed by atoms with Crippen LogP contribution in [0.3, 0.4) is 0 Å². The summed E-state index contributed by atoms with van der Waals surface area (Å²) in [5.74, 6) is 2.42. The Morgan fingerprint density at radius 2 is 2.13 bits per heavy atom. The topological polar surface area (TPSA) is 61.3 Å². The molecule has 23 heavy (non-hydrogen) atoms. The molecule has 0 amide bonds. The normalized spacial score (nSPS) is 15.2. The fraction of sp³-hybridized carbons (Fsp3) is 0.412. The molecular weight excluding hydrogens is 356 g/mol. The van der Waals surface area contributed by atoms with Crippen LogP contribution in [-0.4, -0.2) is 34.3 Å². The molecule has 0 fully saturated rings. The van der Waals surface area contributed by atoms with E-state index in [4.69, 9.17) is 0 Å². The van der Waals surface area contributed by atoms with Crippen molar-refractivity contribution in [1.29, 1.82) is 0 Å². The molecule has 0 spiro atoms. The van der Waals surface area contributed by atoms with Crippen molar-refractivity contribution in [1.82, 2.24) is 9.97 Å². The molecule has 2 aromatic rings. The van der Waals surface area contributed by atoms with Gasteiger partial charge in [0.25, 0.3) is 0 Å². The second-order valence-electron chi connectivity index (χ2n) is 5.97. The Labute approximate surface area is 144 Å². The van der Waals surface area contributed by atoms with Crippen LogP contribution in [0, 0.1) is 6.92 Å². The highest BCUT2D eigenvalue weighted by atomic mass is 79.9. The van der Waals surface area contributed by atoms with Crippen LogP contribution < -0.4 is 10.2 Å². The van der Waals surface area contributed by atoms with E-state index >= 15 is 0 Å². The zero-order valence-corrected chi connectivity index (χ0v) is 15.0. The van der Waals surface area contributed by atoms with Crippen LogP contribution in [0.1, 0.15) is 23.9 Å². The predicted octanol–water partition coefficient (Wildman–Crippen LogP) is 2.90. The van der Waals surface area contributed by atoms with E-state index < -0.39 is 0 Å². The fourth-order valence-corrected chi connectivity index (χ4v) is 3.21. The highest BCUT2D eigenvalue weighted by Crippen LogP contribution is 2.26. The lowest BCUT2D eigenvalue weighted by Crippen LogP contribution is -2.31. The molecule has 0 aliphatic carbocycles. The highest BCUT2D eigenvalue weighted by molar-refractivity contribution is 9.10. The molecule has 2 N–H and O–H groups in total. The molecule has 1 atom stereocenters. The minimum atomic E-state index is -0.0309. The first kappa shape index (κ1) is 16.2. The zero-order valence-electron chi connectivity index (χ0n) is 13.4. The quantitative estimate of drug-likeness (QED) is 0.858. The minimum absolute atomic E-state index is 0.0309. The fourth-order valence-electron chi connectivity index (χ4n) is 2.80. The standard InChI is InChI=1S/C17H21BrN4O/c1-11(10-23)19-16-8-17(21-12(2)20-16)22-6-5-13-7-15(18)4-3-14(13)9-22/h3-4,7-8,11,23H,5-6,9-10H2,1-2H3,(H,19,20,21)/t11-/m1/s1. The molecule has 5 nitrogen and oxygen atoms in total. The molecule has 0 radical (unpaired) electrons. The number of nitrogens with zero attached hydrogens (tertiary/aromatic N) is 3. The predicted molar refractivity (Wildman–Crippen MR) is 95.8 cm³/mol. The average Bonchev–Trinajstić information content (AvgIpc) is 2.53. The number of aliphatic hydroxyl groups is 1. The van der Waals surface area contributed by atoms with Gasteiger partial charge in [-0.15, -0.1) is 0 Å². The number of hydrogen-bond acceptors (Lipinski definition) is 5. The number of rotatable bonds is 4. The molecule has 1 aliphatic heterocycles. The SMILES string of the molecule is Cc1nc(N[C@H](C)CO)cc(N2CCc3cc(Br)ccc3C2)n1. The minimum Gasteiger partial charge on any atom is -0.394 e. The van der Waals surface area contributed by atoms with E-state index in [-0.39, 0.29) is 12.6 Å². The number of halogens is 1. The Morgan fingerprint density at radius 3 is 2.91 bits per heavy atom. The summed E-state index contributed by atoms with van der Waals surface area (Å²) in [5.41, 5.74) is 2.74. The second-order valence-corrected chi connectivity index (χ2v) is 6.89. The van der Waals surface area contributed by atoms with Crippen molar-refractivity contribution in [2.24, 2.45) is 0 Å². The maximum absolute atomic E-state index is 9.19. The molecular formula is C17H21BrN4O. The van der Waals surface area contributed by atoms with Gasteiger partial charge < -0.3 is 15.3 Å². The van der Waals surface area contributed by atoms with E-state index in [1.165, 1.54) is 11.1 Å². The van der Waals surface area contributed by atoms with Gasteiger partial charge in [0.1, 0.15) is 17.5 Å². The van der Waals surface area contributed by atoms with Gasteiger partial charge in [-0.1, -0.05) is 22.0 Å². The number of aryl methyl sites for hydroxylation is 1. The van der Waals surface area contributed by atoms with Gasteiger partial charge in [-0.05, 0) is 43.5 Å². The largest absolute Gasteiger partial charge is 0.394 e. The van der Waals surface area contributed by atoms with Crippen LogP contribution in [0.15, 0.2) is 28.7 Å². The third-order valence-corrected chi connectivity index (χ3v) is 4.49. The Hall–Kier alpha value is -1.66. The molecule has 0 saturated heterocycles. The van der Waals surface area contributed by atoms with E-state index in [2.05, 4.69) is 54.3 Å². The van der Waals surface area contributed by atoms with Crippen molar-refractivity contribution in [3.8, 4) is 0 Å². The van der Waals surface area contributed by atoms with Gasteiger partial charge in [-0.3, -0.25) is 0 Å². The smallest absolute Gasteiger partial charge is 0.134 e. The number of aliphatic hydroxyl groups excluding tert-OH is 1. The van der Waals surface area contributed by atoms with Crippen LogP contribution in [0.2, 0.25) is 0 Å². The molecule has 0 unspecified atom stereocenters. The average molecular weight is 377 g/mol. The van der Waals surface area contributed by atoms with Crippen LogP contribution in [0.5, 0.6) is 0 Å². The molecule has 2 heterocycles. The van der Waals surface area contributed by atoms with E-state index in [1.807, 2.05) is 19.9 Å². The van der Waals surface area contributed by atoms with Gasteiger partial charge in [0, 0.05) is 29.7 Å². The molecule has 0 bridgehead atoms. The van der Waals surface area contributed by atoms with E-state index in [0.717, 1.165) is 41.4 Å². The van der Waals surface area contributed by atoms with E-state index in [0.29, 0.717) is 0 Å². The van der Waals surface area contributed by atoms with Gasteiger partial charge in [-0.2, -0.15) is 0 Å². The molecule has 0 saturated carbocycles. The number of hydrogen-bond donors (Lipinski definition) is 2. The van der Waals surface area contributed by atoms with Crippen molar-refractivity contribution >= 4 is 27.6 Å². The van der Waals surface area contributed by atoms with Crippen LogP contribution in [-0.2, 0) is 13.0 Å². The third-order valence-electron chi connectivity index (χ3n) is 4.00. The van der Waals surface area contributed by atoms with Crippen LogP contribution >= 0.6 is 15.9 Å². The van der Waals surface area contributed by atoms with Crippen LogP contribution in [0.4, 0.5) is 11.6 Å². The van der Waals surface area contributed by atoms with Gasteiger partial charge >= 0.3 is 0 Å². The summed E-state index contributed by atoms with van der Waals surface area (Å²) >= 11 is 3.54. The maximum Gasteiger partial charge on any atom is 0.134 e. The Kier molecular flexibility index (Phi) is 4.82. The van der Waals surface area contributed by atoms with E-state index in [1.54, 1.807) is 0 Å². The number of benzene rings is 1. The van der Waals surface area contributed by atoms with Crippen molar-refractivity contribution < 1.29 is 5.11 Å². The second kappa shape index (κ2) is 6.84. The Balaban J connectivity index is 1.83. The monoisotopic (exact) mass is 376 g/mol. The van der Waals surface area contributed by atoms with Gasteiger partial charge in [0.15, 0.2) is 0 Å². The summed E-state index contributed by atoms with van der Waals surface area (Å²) in [6.07, 6.45) is 1.01. The highest BCUT2D eigenvalue weighted by Gasteiger charge is 2.19. The van der Waals surface area contributed by atoms with Crippen LogP contribution in [0.25, 0.3) is 0 Å². The zero-order chi connectivity index (χ0) is 16.4. The number of fused-ring (bicyclic) bond motifs is 1. The van der Waals surface area contributed by atoms with Gasteiger partial charge in [0.2, 0.25) is 0 Å². The lowest BCUT2D eigenvalue weighted by atomic mass is 10.00. The summed E-state index contributed by atoms with van der Waals surface area (Å²) in [6.45, 7) is 5.69. The number of anilines is 2. The lowest BCUT2D eigenvalue weighted by molar-refractivity contribution is 0.281. The van der Waals surface area contributed by atoms with E-state index in [9.17, 15) is 5.11 Å². The summed E-state index contributed by atoms with van der Waals surface area (Å²) in [4.78, 5) is 11.3. The first-order chi connectivity index (χ1) is 11.0. The number of aromatic nitrogens is 2. The molecule has 1 aromatic heterocycles.